The highest BCUT2D eigenvalue weighted by molar-refractivity contribution is 5.46. The van der Waals surface area contributed by atoms with Gasteiger partial charge in [0.25, 0.3) is 0 Å². The van der Waals surface area contributed by atoms with E-state index in [-0.39, 0.29) is 0 Å². The standard InChI is InChI=1S/C13H14N2O/c1-9-5-3-4-6-12(9)16-13-7-10(2)11(14)8-15-13/h3-8H,14H2,1-2H3. The molecule has 0 bridgehead atoms. The van der Waals surface area contributed by atoms with Gasteiger partial charge in [0, 0.05) is 6.07 Å². The van der Waals surface area contributed by atoms with Crippen molar-refractivity contribution in [1.29, 1.82) is 0 Å². The Morgan fingerprint density at radius 2 is 1.88 bits per heavy atom. The lowest BCUT2D eigenvalue weighted by Gasteiger charge is -2.08. The van der Waals surface area contributed by atoms with Gasteiger partial charge < -0.3 is 10.5 Å². The number of rotatable bonds is 2. The van der Waals surface area contributed by atoms with E-state index >= 15 is 0 Å². The van der Waals surface area contributed by atoms with Crippen LogP contribution in [-0.4, -0.2) is 4.98 Å². The van der Waals surface area contributed by atoms with E-state index < -0.39 is 0 Å². The van der Waals surface area contributed by atoms with Crippen molar-refractivity contribution >= 4 is 5.69 Å². The summed E-state index contributed by atoms with van der Waals surface area (Å²) in [5.41, 5.74) is 8.42. The van der Waals surface area contributed by atoms with Crippen LogP contribution in [0.1, 0.15) is 11.1 Å². The first kappa shape index (κ1) is 10.5. The number of pyridine rings is 1. The molecule has 0 fully saturated rings. The van der Waals surface area contributed by atoms with Crippen LogP contribution in [0.2, 0.25) is 0 Å². The summed E-state index contributed by atoms with van der Waals surface area (Å²) in [6, 6.07) is 9.67. The molecular weight excluding hydrogens is 200 g/mol. The van der Waals surface area contributed by atoms with Gasteiger partial charge in [-0.25, -0.2) is 4.98 Å². The van der Waals surface area contributed by atoms with Crippen molar-refractivity contribution in [3.63, 3.8) is 0 Å². The smallest absolute Gasteiger partial charge is 0.219 e. The van der Waals surface area contributed by atoms with Gasteiger partial charge in [-0.05, 0) is 31.0 Å². The highest BCUT2D eigenvalue weighted by atomic mass is 16.5. The van der Waals surface area contributed by atoms with Crippen LogP contribution in [0, 0.1) is 13.8 Å². The lowest BCUT2D eigenvalue weighted by atomic mass is 10.2. The van der Waals surface area contributed by atoms with Crippen molar-refractivity contribution in [3.05, 3.63) is 47.7 Å². The van der Waals surface area contributed by atoms with Gasteiger partial charge in [0.2, 0.25) is 5.88 Å². The second-order valence-corrected chi connectivity index (χ2v) is 3.75. The van der Waals surface area contributed by atoms with Crippen molar-refractivity contribution in [1.82, 2.24) is 4.98 Å². The topological polar surface area (TPSA) is 48.1 Å². The summed E-state index contributed by atoms with van der Waals surface area (Å²) in [5.74, 6) is 1.39. The summed E-state index contributed by atoms with van der Waals surface area (Å²) in [4.78, 5) is 4.13. The third-order valence-electron chi connectivity index (χ3n) is 2.43. The van der Waals surface area contributed by atoms with Crippen LogP contribution < -0.4 is 10.5 Å². The van der Waals surface area contributed by atoms with E-state index in [2.05, 4.69) is 4.98 Å². The van der Waals surface area contributed by atoms with Gasteiger partial charge in [0.05, 0.1) is 11.9 Å². The molecule has 0 radical (unpaired) electrons. The quantitative estimate of drug-likeness (QED) is 0.835. The molecule has 2 N–H and O–H groups in total. The van der Waals surface area contributed by atoms with E-state index in [1.165, 1.54) is 0 Å². The fraction of sp³-hybridized carbons (Fsp3) is 0.154. The van der Waals surface area contributed by atoms with Crippen LogP contribution in [-0.2, 0) is 0 Å². The summed E-state index contributed by atoms with van der Waals surface area (Å²) >= 11 is 0. The number of aryl methyl sites for hydroxylation is 2. The number of hydrogen-bond donors (Lipinski definition) is 1. The molecule has 0 aliphatic heterocycles. The normalized spacial score (nSPS) is 10.1. The number of para-hydroxylation sites is 1. The Hall–Kier alpha value is -2.03. The summed E-state index contributed by atoms with van der Waals surface area (Å²) < 4.78 is 5.68. The summed E-state index contributed by atoms with van der Waals surface area (Å²) in [7, 11) is 0. The Balaban J connectivity index is 2.28. The van der Waals surface area contributed by atoms with E-state index in [1.807, 2.05) is 44.2 Å². The monoisotopic (exact) mass is 214 g/mol. The van der Waals surface area contributed by atoms with E-state index in [1.54, 1.807) is 6.20 Å². The number of anilines is 1. The van der Waals surface area contributed by atoms with Gasteiger partial charge in [0.15, 0.2) is 0 Å². The van der Waals surface area contributed by atoms with Crippen molar-refractivity contribution in [3.8, 4) is 11.6 Å². The summed E-state index contributed by atoms with van der Waals surface area (Å²) in [6.45, 7) is 3.93. The zero-order valence-corrected chi connectivity index (χ0v) is 9.40. The van der Waals surface area contributed by atoms with E-state index in [0.29, 0.717) is 11.6 Å². The number of hydrogen-bond acceptors (Lipinski definition) is 3. The Bertz CT molecular complexity index is 509. The molecule has 0 saturated heterocycles. The number of nitrogens with two attached hydrogens (primary N) is 1. The zero-order valence-electron chi connectivity index (χ0n) is 9.40. The second-order valence-electron chi connectivity index (χ2n) is 3.75. The van der Waals surface area contributed by atoms with Gasteiger partial charge in [-0.1, -0.05) is 18.2 Å². The summed E-state index contributed by atoms with van der Waals surface area (Å²) in [5, 5.41) is 0. The minimum absolute atomic E-state index is 0.570. The molecule has 0 spiro atoms. The molecule has 0 unspecified atom stereocenters. The highest BCUT2D eigenvalue weighted by Crippen LogP contribution is 2.24. The molecule has 0 aliphatic rings. The maximum atomic E-state index is 5.69. The van der Waals surface area contributed by atoms with Crippen LogP contribution >= 0.6 is 0 Å². The zero-order chi connectivity index (χ0) is 11.5. The lowest BCUT2D eigenvalue weighted by Crippen LogP contribution is -1.94. The van der Waals surface area contributed by atoms with Crippen molar-refractivity contribution in [2.75, 3.05) is 5.73 Å². The number of aromatic nitrogens is 1. The molecule has 1 aromatic heterocycles. The molecule has 3 heteroatoms. The van der Waals surface area contributed by atoms with Crippen LogP contribution in [0.3, 0.4) is 0 Å². The summed E-state index contributed by atoms with van der Waals surface area (Å²) in [6.07, 6.45) is 1.61. The first-order chi connectivity index (χ1) is 7.66. The van der Waals surface area contributed by atoms with E-state index in [4.69, 9.17) is 10.5 Å². The van der Waals surface area contributed by atoms with Crippen molar-refractivity contribution < 1.29 is 4.74 Å². The number of benzene rings is 1. The molecule has 2 aromatic rings. The third-order valence-corrected chi connectivity index (χ3v) is 2.43. The number of nitrogen functional groups attached to an aromatic ring is 1. The van der Waals surface area contributed by atoms with Crippen LogP contribution in [0.15, 0.2) is 36.5 Å². The third kappa shape index (κ3) is 2.14. The molecule has 0 saturated carbocycles. The SMILES string of the molecule is Cc1cc(Oc2ccccc2C)ncc1N. The molecule has 0 atom stereocenters. The molecule has 82 valence electrons. The Morgan fingerprint density at radius 1 is 1.12 bits per heavy atom. The highest BCUT2D eigenvalue weighted by Gasteiger charge is 2.03. The molecular formula is C13H14N2O. The Morgan fingerprint density at radius 3 is 2.56 bits per heavy atom. The minimum atomic E-state index is 0.570. The molecule has 2 rings (SSSR count). The fourth-order valence-electron chi connectivity index (χ4n) is 1.38. The molecule has 1 heterocycles. The first-order valence-electron chi connectivity index (χ1n) is 5.12. The lowest BCUT2D eigenvalue weighted by molar-refractivity contribution is 0.459. The average Bonchev–Trinajstić information content (AvgIpc) is 2.27. The predicted molar refractivity (Wildman–Crippen MR) is 64.6 cm³/mol. The number of nitrogens with zero attached hydrogens (tertiary/aromatic N) is 1. The van der Waals surface area contributed by atoms with Gasteiger partial charge in [0.1, 0.15) is 5.75 Å². The van der Waals surface area contributed by atoms with Gasteiger partial charge in [-0.3, -0.25) is 0 Å². The molecule has 3 nitrogen and oxygen atoms in total. The first-order valence-corrected chi connectivity index (χ1v) is 5.12. The van der Waals surface area contributed by atoms with Gasteiger partial charge in [-0.15, -0.1) is 0 Å². The largest absolute Gasteiger partial charge is 0.439 e. The van der Waals surface area contributed by atoms with Crippen molar-refractivity contribution in [2.45, 2.75) is 13.8 Å². The molecule has 1 aromatic carbocycles. The van der Waals surface area contributed by atoms with Gasteiger partial charge in [-0.2, -0.15) is 0 Å². The number of ether oxygens (including phenoxy) is 1. The second kappa shape index (κ2) is 4.23. The van der Waals surface area contributed by atoms with Crippen molar-refractivity contribution in [2.24, 2.45) is 0 Å². The maximum absolute atomic E-state index is 5.69. The van der Waals surface area contributed by atoms with Crippen LogP contribution in [0.4, 0.5) is 5.69 Å². The fourth-order valence-corrected chi connectivity index (χ4v) is 1.38. The molecule has 0 amide bonds. The Labute approximate surface area is 94.9 Å². The predicted octanol–water partition coefficient (Wildman–Crippen LogP) is 3.07. The van der Waals surface area contributed by atoms with E-state index in [0.717, 1.165) is 16.9 Å². The van der Waals surface area contributed by atoms with Crippen LogP contribution in [0.25, 0.3) is 0 Å². The molecule has 16 heavy (non-hydrogen) atoms. The average molecular weight is 214 g/mol. The van der Waals surface area contributed by atoms with Crippen LogP contribution in [0.5, 0.6) is 11.6 Å². The Kier molecular flexibility index (Phi) is 2.77. The molecule has 0 aliphatic carbocycles. The van der Waals surface area contributed by atoms with Gasteiger partial charge >= 0.3 is 0 Å². The minimum Gasteiger partial charge on any atom is -0.439 e. The maximum Gasteiger partial charge on any atom is 0.219 e. The van der Waals surface area contributed by atoms with E-state index in [9.17, 15) is 0 Å².